The van der Waals surface area contributed by atoms with Gasteiger partial charge in [0.25, 0.3) is 0 Å². The minimum absolute atomic E-state index is 0.335. The number of pyridine rings is 2. The van der Waals surface area contributed by atoms with Gasteiger partial charge in [-0.15, -0.1) is 0 Å². The molecule has 0 spiro atoms. The third kappa shape index (κ3) is 5.51. The first-order valence-corrected chi connectivity index (χ1v) is 12.9. The number of benzene rings is 1. The zero-order chi connectivity index (χ0) is 27.9. The van der Waals surface area contributed by atoms with Crippen LogP contribution < -0.4 is 4.74 Å². The van der Waals surface area contributed by atoms with Gasteiger partial charge in [-0.05, 0) is 76.4 Å². The normalized spacial score (nSPS) is 12.7. The number of aromatic nitrogens is 3. The summed E-state index contributed by atoms with van der Waals surface area (Å²) >= 11 is 12.5. The molecule has 38 heavy (non-hydrogen) atoms. The van der Waals surface area contributed by atoms with E-state index in [2.05, 4.69) is 9.55 Å². The number of halogens is 2. The SMILES string of the molecule is COc1cc(Cn2c(C)c(C)c3c(-c4ccc(Cl)cc4)c(C(OC(C)(C)C)C(=O)O)c(C)nc32)cc(Cl)n1. The van der Waals surface area contributed by atoms with Crippen LogP contribution in [0.1, 0.15) is 55.0 Å². The molecule has 1 N–H and O–H groups in total. The fraction of sp³-hybridized carbons (Fsp3) is 0.345. The molecule has 0 saturated carbocycles. The maximum absolute atomic E-state index is 12.6. The summed E-state index contributed by atoms with van der Waals surface area (Å²) < 4.78 is 13.5. The van der Waals surface area contributed by atoms with E-state index < -0.39 is 17.7 Å². The number of nitrogens with zero attached hydrogens (tertiary/aromatic N) is 3. The Morgan fingerprint density at radius 2 is 1.74 bits per heavy atom. The Morgan fingerprint density at radius 1 is 1.08 bits per heavy atom. The van der Waals surface area contributed by atoms with Gasteiger partial charge in [-0.25, -0.2) is 14.8 Å². The summed E-state index contributed by atoms with van der Waals surface area (Å²) in [6.45, 7) is 11.9. The van der Waals surface area contributed by atoms with E-state index >= 15 is 0 Å². The second kappa shape index (κ2) is 10.6. The first-order valence-electron chi connectivity index (χ1n) is 12.2. The van der Waals surface area contributed by atoms with E-state index in [-0.39, 0.29) is 0 Å². The van der Waals surface area contributed by atoms with Crippen LogP contribution in [0.4, 0.5) is 0 Å². The first-order chi connectivity index (χ1) is 17.8. The third-order valence-corrected chi connectivity index (χ3v) is 6.90. The van der Waals surface area contributed by atoms with Crippen LogP contribution >= 0.6 is 23.2 Å². The van der Waals surface area contributed by atoms with Gasteiger partial charge < -0.3 is 19.1 Å². The average Bonchev–Trinajstić information content (AvgIpc) is 3.05. The minimum atomic E-state index is -1.22. The average molecular weight is 556 g/mol. The molecule has 9 heteroatoms. The van der Waals surface area contributed by atoms with Crippen molar-refractivity contribution in [2.24, 2.45) is 0 Å². The Morgan fingerprint density at radius 3 is 2.32 bits per heavy atom. The Hall–Kier alpha value is -3.13. The Kier molecular flexibility index (Phi) is 7.75. The van der Waals surface area contributed by atoms with Gasteiger partial charge in [-0.2, -0.15) is 0 Å². The highest BCUT2D eigenvalue weighted by Crippen LogP contribution is 2.42. The van der Waals surface area contributed by atoms with Crippen LogP contribution in [0.25, 0.3) is 22.2 Å². The molecule has 3 aromatic heterocycles. The largest absolute Gasteiger partial charge is 0.481 e. The zero-order valence-electron chi connectivity index (χ0n) is 22.5. The van der Waals surface area contributed by atoms with Crippen molar-refractivity contribution in [2.45, 2.75) is 59.8 Å². The van der Waals surface area contributed by atoms with Gasteiger partial charge in [-0.3, -0.25) is 0 Å². The summed E-state index contributed by atoms with van der Waals surface area (Å²) in [6.07, 6.45) is -1.22. The molecule has 0 amide bonds. The highest BCUT2D eigenvalue weighted by Gasteiger charge is 2.33. The van der Waals surface area contributed by atoms with E-state index in [9.17, 15) is 9.90 Å². The standard InChI is InChI=1S/C29H31Cl2N3O4/c1-15-17(3)34(14-18-12-21(31)33-22(13-18)37-7)27-23(15)25(19-8-10-20(30)11-9-19)24(16(2)32-27)26(28(35)36)38-29(4,5)6/h8-13,26H,14H2,1-7H3,(H,35,36). The molecule has 0 bridgehead atoms. The highest BCUT2D eigenvalue weighted by molar-refractivity contribution is 6.30. The van der Waals surface area contributed by atoms with E-state index in [1.165, 1.54) is 0 Å². The van der Waals surface area contributed by atoms with E-state index in [4.69, 9.17) is 37.7 Å². The lowest BCUT2D eigenvalue weighted by Crippen LogP contribution is -2.28. The van der Waals surface area contributed by atoms with Crippen molar-refractivity contribution in [3.63, 3.8) is 0 Å². The van der Waals surface area contributed by atoms with Crippen LogP contribution in [0.2, 0.25) is 10.2 Å². The van der Waals surface area contributed by atoms with Crippen LogP contribution in [0, 0.1) is 20.8 Å². The molecular weight excluding hydrogens is 525 g/mol. The van der Waals surface area contributed by atoms with Crippen molar-refractivity contribution in [1.29, 1.82) is 0 Å². The zero-order valence-corrected chi connectivity index (χ0v) is 24.0. The number of carboxylic acid groups (broad SMARTS) is 1. The Bertz CT molecular complexity index is 1520. The number of methoxy groups -OCH3 is 1. The molecular formula is C29H31Cl2N3O4. The number of fused-ring (bicyclic) bond motifs is 1. The summed E-state index contributed by atoms with van der Waals surface area (Å²) in [5, 5.41) is 12.1. The van der Waals surface area contributed by atoms with Gasteiger partial charge in [0, 0.05) is 45.5 Å². The van der Waals surface area contributed by atoms with Gasteiger partial charge >= 0.3 is 5.97 Å². The van der Waals surface area contributed by atoms with Crippen LogP contribution in [-0.2, 0) is 16.1 Å². The number of aryl methyl sites for hydroxylation is 2. The fourth-order valence-electron chi connectivity index (χ4n) is 4.71. The topological polar surface area (TPSA) is 86.5 Å². The van der Waals surface area contributed by atoms with Gasteiger partial charge in [0.05, 0.1) is 12.7 Å². The molecule has 0 fully saturated rings. The molecule has 3 heterocycles. The predicted octanol–water partition coefficient (Wildman–Crippen LogP) is 7.33. The van der Waals surface area contributed by atoms with Crippen LogP contribution in [0.3, 0.4) is 0 Å². The van der Waals surface area contributed by atoms with Gasteiger partial charge in [-0.1, -0.05) is 35.3 Å². The lowest BCUT2D eigenvalue weighted by Gasteiger charge is -2.28. The number of hydrogen-bond acceptors (Lipinski definition) is 5. The summed E-state index contributed by atoms with van der Waals surface area (Å²) in [7, 11) is 1.55. The molecule has 200 valence electrons. The minimum Gasteiger partial charge on any atom is -0.481 e. The third-order valence-electron chi connectivity index (χ3n) is 6.46. The Balaban J connectivity index is 2.06. The molecule has 0 saturated heterocycles. The second-order valence-electron chi connectivity index (χ2n) is 10.3. The van der Waals surface area contributed by atoms with Crippen LogP contribution in [-0.4, -0.2) is 38.3 Å². The van der Waals surface area contributed by atoms with Crippen molar-refractivity contribution in [2.75, 3.05) is 7.11 Å². The van der Waals surface area contributed by atoms with E-state index in [1.807, 2.05) is 59.7 Å². The second-order valence-corrected chi connectivity index (χ2v) is 11.1. The number of aliphatic carboxylic acids is 1. The van der Waals surface area contributed by atoms with Crippen molar-refractivity contribution in [3.8, 4) is 17.0 Å². The molecule has 0 aliphatic rings. The maximum Gasteiger partial charge on any atom is 0.337 e. The number of carboxylic acids is 1. The number of carbonyl (C=O) groups is 1. The molecule has 4 aromatic rings. The first kappa shape index (κ1) is 27.9. The lowest BCUT2D eigenvalue weighted by molar-refractivity contribution is -0.160. The van der Waals surface area contributed by atoms with Crippen molar-refractivity contribution in [1.82, 2.24) is 14.5 Å². The Labute approximate surface area is 232 Å². The number of ether oxygens (including phenoxy) is 2. The van der Waals surface area contributed by atoms with E-state index in [0.29, 0.717) is 33.9 Å². The molecule has 0 aliphatic carbocycles. The van der Waals surface area contributed by atoms with Crippen LogP contribution in [0.5, 0.6) is 5.88 Å². The predicted molar refractivity (Wildman–Crippen MR) is 151 cm³/mol. The molecule has 1 unspecified atom stereocenters. The molecule has 0 radical (unpaired) electrons. The van der Waals surface area contributed by atoms with Crippen molar-refractivity contribution >= 4 is 40.2 Å². The molecule has 1 aromatic carbocycles. The molecule has 4 rings (SSSR count). The summed E-state index contributed by atoms with van der Waals surface area (Å²) in [5.74, 6) is -0.651. The smallest absolute Gasteiger partial charge is 0.337 e. The monoisotopic (exact) mass is 555 g/mol. The van der Waals surface area contributed by atoms with E-state index in [1.54, 1.807) is 25.3 Å². The highest BCUT2D eigenvalue weighted by atomic mass is 35.5. The molecule has 7 nitrogen and oxygen atoms in total. The quantitative estimate of drug-likeness (QED) is 0.240. The fourth-order valence-corrected chi connectivity index (χ4v) is 5.06. The lowest BCUT2D eigenvalue weighted by atomic mass is 9.91. The van der Waals surface area contributed by atoms with E-state index in [0.717, 1.165) is 39.0 Å². The molecule has 0 aliphatic heterocycles. The summed E-state index contributed by atoms with van der Waals surface area (Å²) in [6, 6.07) is 11.0. The molecule has 1 atom stereocenters. The number of rotatable bonds is 7. The number of hydrogen-bond donors (Lipinski definition) is 1. The maximum atomic E-state index is 12.6. The summed E-state index contributed by atoms with van der Waals surface area (Å²) in [5.41, 5.74) is 5.62. The van der Waals surface area contributed by atoms with Crippen LogP contribution in [0.15, 0.2) is 36.4 Å². The summed E-state index contributed by atoms with van der Waals surface area (Å²) in [4.78, 5) is 21.7. The van der Waals surface area contributed by atoms with Gasteiger partial charge in [0.15, 0.2) is 6.10 Å². The van der Waals surface area contributed by atoms with Gasteiger partial charge in [0.2, 0.25) is 5.88 Å². The van der Waals surface area contributed by atoms with Crippen molar-refractivity contribution in [3.05, 3.63) is 74.7 Å². The van der Waals surface area contributed by atoms with Gasteiger partial charge in [0.1, 0.15) is 10.8 Å². The van der Waals surface area contributed by atoms with Crippen molar-refractivity contribution < 1.29 is 19.4 Å².